The Balaban J connectivity index is 2.33. The summed E-state index contributed by atoms with van der Waals surface area (Å²) in [5.41, 5.74) is 2.15. The molecule has 80 valence electrons. The molecule has 0 spiro atoms. The van der Waals surface area contributed by atoms with E-state index in [-0.39, 0.29) is 5.91 Å². The van der Waals surface area contributed by atoms with Crippen LogP contribution in [0.25, 0.3) is 0 Å². The monoisotopic (exact) mass is 205 g/mol. The molecule has 1 N–H and O–H groups in total. The Hall–Kier alpha value is -1.35. The van der Waals surface area contributed by atoms with Gasteiger partial charge >= 0.3 is 0 Å². The Bertz CT molecular complexity index is 374. The highest BCUT2D eigenvalue weighted by Gasteiger charge is 2.24. The summed E-state index contributed by atoms with van der Waals surface area (Å²) in [7, 11) is 0. The number of para-hydroxylation sites is 1. The number of fused-ring (bicyclic) bond motifs is 1. The van der Waals surface area contributed by atoms with Crippen LogP contribution in [0.2, 0.25) is 0 Å². The van der Waals surface area contributed by atoms with Crippen LogP contribution in [0.5, 0.6) is 0 Å². The SMILES string of the molecule is C[C@H](O)CN1C(=O)CCc2ccccc21. The molecule has 0 bridgehead atoms. The molecule has 1 aromatic rings. The molecular weight excluding hydrogens is 190 g/mol. The van der Waals surface area contributed by atoms with Crippen LogP contribution in [0.3, 0.4) is 0 Å². The second kappa shape index (κ2) is 4.03. The summed E-state index contributed by atoms with van der Waals surface area (Å²) in [4.78, 5) is 13.4. The van der Waals surface area contributed by atoms with Crippen LogP contribution in [-0.2, 0) is 11.2 Å². The predicted molar refractivity (Wildman–Crippen MR) is 58.8 cm³/mol. The molecule has 0 saturated heterocycles. The van der Waals surface area contributed by atoms with E-state index in [1.165, 1.54) is 5.56 Å². The molecule has 15 heavy (non-hydrogen) atoms. The lowest BCUT2D eigenvalue weighted by Crippen LogP contribution is -2.39. The molecule has 1 aliphatic heterocycles. The molecule has 3 nitrogen and oxygen atoms in total. The molecule has 2 rings (SSSR count). The second-order valence-electron chi connectivity index (χ2n) is 3.98. The summed E-state index contributed by atoms with van der Waals surface area (Å²) in [6.07, 6.45) is 0.870. The zero-order valence-electron chi connectivity index (χ0n) is 8.81. The first-order valence-corrected chi connectivity index (χ1v) is 5.25. The normalized spacial score (nSPS) is 17.5. The van der Waals surface area contributed by atoms with E-state index < -0.39 is 6.10 Å². The fraction of sp³-hybridized carbons (Fsp3) is 0.417. The summed E-state index contributed by atoms with van der Waals surface area (Å²) < 4.78 is 0. The summed E-state index contributed by atoms with van der Waals surface area (Å²) in [5.74, 6) is 0.106. The largest absolute Gasteiger partial charge is 0.392 e. The number of aryl methyl sites for hydroxylation is 1. The third-order valence-electron chi connectivity index (χ3n) is 2.64. The van der Waals surface area contributed by atoms with Crippen LogP contribution >= 0.6 is 0 Å². The number of carbonyl (C=O) groups is 1. The summed E-state index contributed by atoms with van der Waals surface area (Å²) in [5, 5.41) is 9.35. The Labute approximate surface area is 89.3 Å². The highest BCUT2D eigenvalue weighted by molar-refractivity contribution is 5.96. The Kier molecular flexibility index (Phi) is 2.73. The van der Waals surface area contributed by atoms with Gasteiger partial charge in [-0.3, -0.25) is 4.79 Å². The standard InChI is InChI=1S/C12H15NO2/c1-9(14)8-13-11-5-3-2-4-10(11)6-7-12(13)15/h2-5,9,14H,6-8H2,1H3/t9-/m0/s1. The van der Waals surface area contributed by atoms with E-state index in [9.17, 15) is 9.90 Å². The van der Waals surface area contributed by atoms with Crippen molar-refractivity contribution < 1.29 is 9.90 Å². The number of aliphatic hydroxyl groups excluding tert-OH is 1. The zero-order valence-corrected chi connectivity index (χ0v) is 8.81. The third kappa shape index (κ3) is 2.02. The first-order valence-electron chi connectivity index (χ1n) is 5.25. The molecule has 0 saturated carbocycles. The first-order chi connectivity index (χ1) is 7.18. The number of nitrogens with zero attached hydrogens (tertiary/aromatic N) is 1. The Morgan fingerprint density at radius 1 is 1.40 bits per heavy atom. The second-order valence-corrected chi connectivity index (χ2v) is 3.98. The lowest BCUT2D eigenvalue weighted by Gasteiger charge is -2.30. The highest BCUT2D eigenvalue weighted by Crippen LogP contribution is 2.27. The van der Waals surface area contributed by atoms with Gasteiger partial charge in [0.15, 0.2) is 0 Å². The van der Waals surface area contributed by atoms with Crippen LogP contribution in [0.4, 0.5) is 5.69 Å². The molecule has 0 aromatic heterocycles. The topological polar surface area (TPSA) is 40.5 Å². The summed E-state index contributed by atoms with van der Waals surface area (Å²) >= 11 is 0. The van der Waals surface area contributed by atoms with Crippen LogP contribution < -0.4 is 4.90 Å². The Morgan fingerprint density at radius 3 is 2.87 bits per heavy atom. The maximum Gasteiger partial charge on any atom is 0.227 e. The molecule has 0 radical (unpaired) electrons. The van der Waals surface area contributed by atoms with Crippen LogP contribution in [-0.4, -0.2) is 23.7 Å². The van der Waals surface area contributed by atoms with Gasteiger partial charge in [-0.05, 0) is 25.0 Å². The minimum atomic E-state index is -0.486. The minimum Gasteiger partial charge on any atom is -0.392 e. The fourth-order valence-corrected chi connectivity index (χ4v) is 1.96. The number of hydrogen-bond acceptors (Lipinski definition) is 2. The molecule has 1 atom stereocenters. The number of rotatable bonds is 2. The van der Waals surface area contributed by atoms with Crippen LogP contribution in [0.1, 0.15) is 18.9 Å². The third-order valence-corrected chi connectivity index (χ3v) is 2.64. The molecule has 0 fully saturated rings. The Morgan fingerprint density at radius 2 is 2.13 bits per heavy atom. The van der Waals surface area contributed by atoms with E-state index in [0.717, 1.165) is 12.1 Å². The summed E-state index contributed by atoms with van der Waals surface area (Å²) in [6, 6.07) is 7.88. The van der Waals surface area contributed by atoms with Crippen molar-refractivity contribution >= 4 is 11.6 Å². The number of β-amino-alcohol motifs (C(OH)–C–C–N with tert-alkyl or cyclic N) is 1. The van der Waals surface area contributed by atoms with E-state index in [1.54, 1.807) is 11.8 Å². The molecule has 0 unspecified atom stereocenters. The molecule has 1 aromatic carbocycles. The number of amides is 1. The van der Waals surface area contributed by atoms with E-state index in [1.807, 2.05) is 24.3 Å². The van der Waals surface area contributed by atoms with Gasteiger partial charge in [-0.15, -0.1) is 0 Å². The maximum atomic E-state index is 11.7. The van der Waals surface area contributed by atoms with Crippen molar-refractivity contribution in [1.29, 1.82) is 0 Å². The number of carbonyl (C=O) groups excluding carboxylic acids is 1. The van der Waals surface area contributed by atoms with Crippen molar-refractivity contribution in [2.75, 3.05) is 11.4 Å². The first kappa shape index (κ1) is 10.2. The minimum absolute atomic E-state index is 0.106. The fourth-order valence-electron chi connectivity index (χ4n) is 1.96. The van der Waals surface area contributed by atoms with Gasteiger partial charge in [-0.2, -0.15) is 0 Å². The molecule has 1 aliphatic rings. The highest BCUT2D eigenvalue weighted by atomic mass is 16.3. The molecule has 3 heteroatoms. The lowest BCUT2D eigenvalue weighted by atomic mass is 10.0. The van der Waals surface area contributed by atoms with Crippen molar-refractivity contribution in [3.63, 3.8) is 0 Å². The van der Waals surface area contributed by atoms with Crippen molar-refractivity contribution in [2.45, 2.75) is 25.9 Å². The average molecular weight is 205 g/mol. The van der Waals surface area contributed by atoms with Crippen molar-refractivity contribution in [1.82, 2.24) is 0 Å². The molecule has 1 heterocycles. The van der Waals surface area contributed by atoms with Crippen molar-refractivity contribution in [3.05, 3.63) is 29.8 Å². The quantitative estimate of drug-likeness (QED) is 0.791. The van der Waals surface area contributed by atoms with E-state index >= 15 is 0 Å². The van der Waals surface area contributed by atoms with Gasteiger partial charge in [0.25, 0.3) is 0 Å². The molecule has 1 amide bonds. The van der Waals surface area contributed by atoms with Gasteiger partial charge in [0, 0.05) is 12.1 Å². The van der Waals surface area contributed by atoms with Gasteiger partial charge in [-0.25, -0.2) is 0 Å². The number of aliphatic hydroxyl groups is 1. The smallest absolute Gasteiger partial charge is 0.227 e. The number of anilines is 1. The van der Waals surface area contributed by atoms with Gasteiger partial charge in [0.2, 0.25) is 5.91 Å². The van der Waals surface area contributed by atoms with E-state index in [4.69, 9.17) is 0 Å². The predicted octanol–water partition coefficient (Wildman–Crippen LogP) is 1.35. The van der Waals surface area contributed by atoms with Crippen molar-refractivity contribution in [2.24, 2.45) is 0 Å². The van der Waals surface area contributed by atoms with E-state index in [0.29, 0.717) is 13.0 Å². The number of hydrogen-bond donors (Lipinski definition) is 1. The summed E-state index contributed by atoms with van der Waals surface area (Å²) in [6.45, 7) is 2.08. The van der Waals surface area contributed by atoms with Gasteiger partial charge in [-0.1, -0.05) is 18.2 Å². The van der Waals surface area contributed by atoms with Gasteiger partial charge in [0.05, 0.1) is 12.6 Å². The maximum absolute atomic E-state index is 11.7. The molecule has 0 aliphatic carbocycles. The van der Waals surface area contributed by atoms with Crippen LogP contribution in [0.15, 0.2) is 24.3 Å². The lowest BCUT2D eigenvalue weighted by molar-refractivity contribution is -0.119. The van der Waals surface area contributed by atoms with Crippen molar-refractivity contribution in [3.8, 4) is 0 Å². The zero-order chi connectivity index (χ0) is 10.8. The van der Waals surface area contributed by atoms with Gasteiger partial charge < -0.3 is 10.0 Å². The number of benzene rings is 1. The van der Waals surface area contributed by atoms with Crippen LogP contribution in [0, 0.1) is 0 Å². The average Bonchev–Trinajstić information content (AvgIpc) is 2.22. The van der Waals surface area contributed by atoms with Gasteiger partial charge in [0.1, 0.15) is 0 Å². The van der Waals surface area contributed by atoms with E-state index in [2.05, 4.69) is 0 Å². The molecular formula is C12H15NO2.